The maximum atomic E-state index is 13.7. The average Bonchev–Trinajstić information content (AvgIpc) is 2.43. The van der Waals surface area contributed by atoms with Crippen LogP contribution in [0, 0.1) is 18.6 Å². The summed E-state index contributed by atoms with van der Waals surface area (Å²) in [4.78, 5) is 0. The molecule has 0 saturated carbocycles. The molecule has 0 spiro atoms. The molecule has 2 N–H and O–H groups in total. The van der Waals surface area contributed by atoms with E-state index in [0.717, 1.165) is 23.0 Å². The first-order chi connectivity index (χ1) is 9.52. The van der Waals surface area contributed by atoms with Crippen LogP contribution in [-0.2, 0) is 12.8 Å². The van der Waals surface area contributed by atoms with E-state index in [1.54, 1.807) is 6.07 Å². The third-order valence-corrected chi connectivity index (χ3v) is 3.23. The van der Waals surface area contributed by atoms with Crippen LogP contribution in [0.25, 0.3) is 0 Å². The highest BCUT2D eigenvalue weighted by molar-refractivity contribution is 5.28. The number of aryl methyl sites for hydroxylation is 2. The zero-order chi connectivity index (χ0) is 14.7. The van der Waals surface area contributed by atoms with Crippen LogP contribution in [-0.4, -0.2) is 10.2 Å². The van der Waals surface area contributed by atoms with Gasteiger partial charge < -0.3 is 5.73 Å². The van der Waals surface area contributed by atoms with Crippen molar-refractivity contribution < 1.29 is 8.78 Å². The molecule has 1 aromatic carbocycles. The van der Waals surface area contributed by atoms with Crippen LogP contribution in [0.3, 0.4) is 0 Å². The van der Waals surface area contributed by atoms with E-state index in [1.807, 2.05) is 19.9 Å². The molecule has 1 atom stereocenters. The molecule has 5 heteroatoms. The van der Waals surface area contributed by atoms with Gasteiger partial charge in [0, 0.05) is 6.04 Å². The quantitative estimate of drug-likeness (QED) is 0.935. The van der Waals surface area contributed by atoms with Crippen LogP contribution in [0.15, 0.2) is 24.3 Å². The highest BCUT2D eigenvalue weighted by atomic mass is 19.2. The Kier molecular flexibility index (Phi) is 4.39. The number of halogens is 2. The first kappa shape index (κ1) is 14.5. The first-order valence-electron chi connectivity index (χ1n) is 6.54. The standard InChI is InChI=1S/C15H17F2N3/c1-3-14-11(7-9(2)19-20-14)13(18)8-10-5-4-6-12(16)15(10)17/h4-7,13H,3,8,18H2,1-2H3. The summed E-state index contributed by atoms with van der Waals surface area (Å²) in [6.45, 7) is 3.78. The summed E-state index contributed by atoms with van der Waals surface area (Å²) in [7, 11) is 0. The lowest BCUT2D eigenvalue weighted by atomic mass is 9.97. The van der Waals surface area contributed by atoms with Crippen LogP contribution in [0.5, 0.6) is 0 Å². The zero-order valence-corrected chi connectivity index (χ0v) is 11.5. The molecular weight excluding hydrogens is 260 g/mol. The van der Waals surface area contributed by atoms with Crippen molar-refractivity contribution in [2.45, 2.75) is 32.7 Å². The zero-order valence-electron chi connectivity index (χ0n) is 11.5. The highest BCUT2D eigenvalue weighted by Gasteiger charge is 2.16. The van der Waals surface area contributed by atoms with Gasteiger partial charge in [0.2, 0.25) is 0 Å². The smallest absolute Gasteiger partial charge is 0.162 e. The first-order valence-corrected chi connectivity index (χ1v) is 6.54. The molecule has 2 rings (SSSR count). The van der Waals surface area contributed by atoms with E-state index >= 15 is 0 Å². The predicted octanol–water partition coefficient (Wildman–Crippen LogP) is 2.87. The molecule has 0 bridgehead atoms. The van der Waals surface area contributed by atoms with E-state index < -0.39 is 17.7 Å². The van der Waals surface area contributed by atoms with Gasteiger partial charge >= 0.3 is 0 Å². The van der Waals surface area contributed by atoms with Crippen LogP contribution < -0.4 is 5.73 Å². The van der Waals surface area contributed by atoms with E-state index in [-0.39, 0.29) is 12.0 Å². The second-order valence-electron chi connectivity index (χ2n) is 4.76. The average molecular weight is 277 g/mol. The minimum absolute atomic E-state index is 0.224. The molecule has 1 aromatic heterocycles. The van der Waals surface area contributed by atoms with Gasteiger partial charge in [0.25, 0.3) is 0 Å². The normalized spacial score (nSPS) is 12.4. The van der Waals surface area contributed by atoms with E-state index in [0.29, 0.717) is 6.42 Å². The number of rotatable bonds is 4. The Morgan fingerprint density at radius 1 is 1.25 bits per heavy atom. The molecule has 3 nitrogen and oxygen atoms in total. The molecule has 0 aliphatic heterocycles. The molecule has 0 fully saturated rings. The van der Waals surface area contributed by atoms with Crippen molar-refractivity contribution in [3.63, 3.8) is 0 Å². The van der Waals surface area contributed by atoms with Crippen LogP contribution >= 0.6 is 0 Å². The fourth-order valence-electron chi connectivity index (χ4n) is 2.18. The van der Waals surface area contributed by atoms with Crippen molar-refractivity contribution in [3.05, 3.63) is 58.4 Å². The van der Waals surface area contributed by atoms with Gasteiger partial charge in [-0.15, -0.1) is 0 Å². The van der Waals surface area contributed by atoms with Crippen LogP contribution in [0.1, 0.15) is 35.5 Å². The molecule has 0 saturated heterocycles. The molecule has 106 valence electrons. The van der Waals surface area contributed by atoms with Crippen molar-refractivity contribution in [2.75, 3.05) is 0 Å². The molecular formula is C15H17F2N3. The van der Waals surface area contributed by atoms with Gasteiger partial charge in [0.05, 0.1) is 11.4 Å². The minimum atomic E-state index is -0.852. The number of benzene rings is 1. The van der Waals surface area contributed by atoms with Crippen LogP contribution in [0.2, 0.25) is 0 Å². The monoisotopic (exact) mass is 277 g/mol. The Morgan fingerprint density at radius 3 is 2.70 bits per heavy atom. The molecule has 0 aliphatic carbocycles. The lowest BCUT2D eigenvalue weighted by Gasteiger charge is -2.16. The molecule has 20 heavy (non-hydrogen) atoms. The Bertz CT molecular complexity index is 614. The second-order valence-corrected chi connectivity index (χ2v) is 4.76. The maximum absolute atomic E-state index is 13.7. The number of aromatic nitrogens is 2. The summed E-state index contributed by atoms with van der Waals surface area (Å²) >= 11 is 0. The molecule has 1 heterocycles. The van der Waals surface area contributed by atoms with E-state index in [1.165, 1.54) is 6.07 Å². The number of nitrogens with two attached hydrogens (primary N) is 1. The molecule has 0 radical (unpaired) electrons. The van der Waals surface area contributed by atoms with Gasteiger partial charge in [0.1, 0.15) is 0 Å². The van der Waals surface area contributed by atoms with Gasteiger partial charge in [-0.05, 0) is 43.0 Å². The Labute approximate surface area is 116 Å². The van der Waals surface area contributed by atoms with Crippen molar-refractivity contribution in [1.29, 1.82) is 0 Å². The summed E-state index contributed by atoms with van der Waals surface area (Å²) in [5, 5.41) is 8.09. The summed E-state index contributed by atoms with van der Waals surface area (Å²) < 4.78 is 26.9. The molecule has 2 aromatic rings. The van der Waals surface area contributed by atoms with Crippen molar-refractivity contribution in [3.8, 4) is 0 Å². The van der Waals surface area contributed by atoms with Crippen molar-refractivity contribution in [1.82, 2.24) is 10.2 Å². The fraction of sp³-hybridized carbons (Fsp3) is 0.333. The van der Waals surface area contributed by atoms with Gasteiger partial charge in [-0.25, -0.2) is 8.78 Å². The summed E-state index contributed by atoms with van der Waals surface area (Å²) in [5.41, 5.74) is 8.79. The maximum Gasteiger partial charge on any atom is 0.162 e. The van der Waals surface area contributed by atoms with Crippen molar-refractivity contribution in [2.24, 2.45) is 5.73 Å². The lowest BCUT2D eigenvalue weighted by Crippen LogP contribution is -2.18. The van der Waals surface area contributed by atoms with Gasteiger partial charge in [-0.3, -0.25) is 0 Å². The lowest BCUT2D eigenvalue weighted by molar-refractivity contribution is 0.493. The fourth-order valence-corrected chi connectivity index (χ4v) is 2.18. The topological polar surface area (TPSA) is 51.8 Å². The summed E-state index contributed by atoms with van der Waals surface area (Å²) in [5.74, 6) is -1.69. The summed E-state index contributed by atoms with van der Waals surface area (Å²) in [6, 6.07) is 5.55. The SMILES string of the molecule is CCc1nnc(C)cc1C(N)Cc1cccc(F)c1F. The molecule has 0 amide bonds. The highest BCUT2D eigenvalue weighted by Crippen LogP contribution is 2.22. The molecule has 0 aliphatic rings. The van der Waals surface area contributed by atoms with Crippen LogP contribution in [0.4, 0.5) is 8.78 Å². The largest absolute Gasteiger partial charge is 0.324 e. The van der Waals surface area contributed by atoms with E-state index in [9.17, 15) is 8.78 Å². The predicted molar refractivity (Wildman–Crippen MR) is 73.1 cm³/mol. The summed E-state index contributed by atoms with van der Waals surface area (Å²) in [6.07, 6.45) is 0.920. The van der Waals surface area contributed by atoms with E-state index in [4.69, 9.17) is 5.73 Å². The Morgan fingerprint density at radius 2 is 2.00 bits per heavy atom. The third-order valence-electron chi connectivity index (χ3n) is 3.23. The number of hydrogen-bond donors (Lipinski definition) is 1. The minimum Gasteiger partial charge on any atom is -0.324 e. The van der Waals surface area contributed by atoms with Gasteiger partial charge in [-0.2, -0.15) is 10.2 Å². The van der Waals surface area contributed by atoms with Gasteiger partial charge in [0.15, 0.2) is 11.6 Å². The van der Waals surface area contributed by atoms with Gasteiger partial charge in [-0.1, -0.05) is 19.1 Å². The van der Waals surface area contributed by atoms with Crippen molar-refractivity contribution >= 4 is 0 Å². The Balaban J connectivity index is 2.30. The number of hydrogen-bond acceptors (Lipinski definition) is 3. The van der Waals surface area contributed by atoms with E-state index in [2.05, 4.69) is 10.2 Å². The molecule has 1 unspecified atom stereocenters. The Hall–Kier alpha value is -1.88. The number of nitrogens with zero attached hydrogens (tertiary/aromatic N) is 2. The second kappa shape index (κ2) is 6.05. The third kappa shape index (κ3) is 2.99.